The van der Waals surface area contributed by atoms with Crippen LogP contribution in [0.5, 0.6) is 0 Å². The molecule has 0 fully saturated rings. The lowest BCUT2D eigenvalue weighted by Crippen LogP contribution is -2.28. The van der Waals surface area contributed by atoms with E-state index in [9.17, 15) is 0 Å². The SMILES string of the molecule is c1ccc2c(c1)CC(NCc1coc3ccccc13)C2. The first kappa shape index (κ1) is 11.7. The monoisotopic (exact) mass is 263 g/mol. The average molecular weight is 263 g/mol. The van der Waals surface area contributed by atoms with Crippen LogP contribution in [-0.4, -0.2) is 6.04 Å². The standard InChI is InChI=1S/C18H17NO/c1-2-6-14-10-16(9-13(14)5-1)19-11-15-12-20-18-8-4-3-7-17(15)18/h1-8,12,16,19H,9-11H2. The van der Waals surface area contributed by atoms with Gasteiger partial charge >= 0.3 is 0 Å². The van der Waals surface area contributed by atoms with E-state index in [4.69, 9.17) is 4.42 Å². The van der Waals surface area contributed by atoms with Crippen LogP contribution in [0.15, 0.2) is 59.2 Å². The topological polar surface area (TPSA) is 25.2 Å². The molecule has 4 rings (SSSR count). The van der Waals surface area contributed by atoms with Gasteiger partial charge < -0.3 is 9.73 Å². The summed E-state index contributed by atoms with van der Waals surface area (Å²) >= 11 is 0. The molecule has 2 heteroatoms. The Morgan fingerprint density at radius 3 is 2.45 bits per heavy atom. The van der Waals surface area contributed by atoms with E-state index in [1.54, 1.807) is 0 Å². The molecule has 0 bridgehead atoms. The van der Waals surface area contributed by atoms with Crippen molar-refractivity contribution in [1.29, 1.82) is 0 Å². The minimum absolute atomic E-state index is 0.543. The second-order valence-electron chi connectivity index (χ2n) is 5.51. The minimum atomic E-state index is 0.543. The van der Waals surface area contributed by atoms with Gasteiger partial charge in [0, 0.05) is 23.5 Å². The van der Waals surface area contributed by atoms with Gasteiger partial charge in [-0.1, -0.05) is 42.5 Å². The number of hydrogen-bond donors (Lipinski definition) is 1. The number of furan rings is 1. The molecule has 0 saturated carbocycles. The Morgan fingerprint density at radius 2 is 1.65 bits per heavy atom. The van der Waals surface area contributed by atoms with E-state index in [2.05, 4.69) is 41.7 Å². The van der Waals surface area contributed by atoms with Crippen LogP contribution in [0.4, 0.5) is 0 Å². The number of fused-ring (bicyclic) bond motifs is 2. The minimum Gasteiger partial charge on any atom is -0.464 e. The Balaban J connectivity index is 1.47. The molecule has 0 amide bonds. The smallest absolute Gasteiger partial charge is 0.134 e. The fourth-order valence-corrected chi connectivity index (χ4v) is 3.13. The van der Waals surface area contributed by atoms with E-state index >= 15 is 0 Å². The number of nitrogens with one attached hydrogen (secondary N) is 1. The maximum Gasteiger partial charge on any atom is 0.134 e. The summed E-state index contributed by atoms with van der Waals surface area (Å²) in [5, 5.41) is 4.88. The third-order valence-electron chi connectivity index (χ3n) is 4.19. The molecule has 100 valence electrons. The van der Waals surface area contributed by atoms with Gasteiger partial charge in [-0.2, -0.15) is 0 Å². The molecule has 2 nitrogen and oxygen atoms in total. The van der Waals surface area contributed by atoms with Crippen molar-refractivity contribution in [3.8, 4) is 0 Å². The number of para-hydroxylation sites is 1. The third-order valence-corrected chi connectivity index (χ3v) is 4.19. The second kappa shape index (κ2) is 4.80. The van der Waals surface area contributed by atoms with Gasteiger partial charge in [0.25, 0.3) is 0 Å². The molecular weight excluding hydrogens is 246 g/mol. The number of rotatable bonds is 3. The van der Waals surface area contributed by atoms with Gasteiger partial charge in [0.2, 0.25) is 0 Å². The predicted octanol–water partition coefficient (Wildman–Crippen LogP) is 3.69. The maximum atomic E-state index is 5.59. The molecule has 0 radical (unpaired) electrons. The zero-order chi connectivity index (χ0) is 13.4. The quantitative estimate of drug-likeness (QED) is 0.779. The predicted molar refractivity (Wildman–Crippen MR) is 80.7 cm³/mol. The van der Waals surface area contributed by atoms with Crippen LogP contribution in [0, 0.1) is 0 Å². The van der Waals surface area contributed by atoms with Crippen molar-refractivity contribution in [3.63, 3.8) is 0 Å². The summed E-state index contributed by atoms with van der Waals surface area (Å²) < 4.78 is 5.59. The second-order valence-corrected chi connectivity index (χ2v) is 5.51. The van der Waals surface area contributed by atoms with Crippen LogP contribution >= 0.6 is 0 Å². The average Bonchev–Trinajstić information content (AvgIpc) is 3.08. The molecule has 0 spiro atoms. The van der Waals surface area contributed by atoms with Crippen LogP contribution < -0.4 is 5.32 Å². The van der Waals surface area contributed by atoms with Crippen molar-refractivity contribution in [1.82, 2.24) is 5.32 Å². The Labute approximate surface area is 118 Å². The molecule has 0 atom stereocenters. The first-order chi connectivity index (χ1) is 9.90. The zero-order valence-electron chi connectivity index (χ0n) is 11.3. The molecular formula is C18H17NO. The van der Waals surface area contributed by atoms with Crippen molar-refractivity contribution >= 4 is 11.0 Å². The van der Waals surface area contributed by atoms with Crippen LogP contribution in [0.2, 0.25) is 0 Å². The van der Waals surface area contributed by atoms with E-state index in [-0.39, 0.29) is 0 Å². The Kier molecular flexibility index (Phi) is 2.82. The van der Waals surface area contributed by atoms with Crippen LogP contribution in [-0.2, 0) is 19.4 Å². The zero-order valence-corrected chi connectivity index (χ0v) is 11.3. The highest BCUT2D eigenvalue weighted by Gasteiger charge is 2.20. The summed E-state index contributed by atoms with van der Waals surface area (Å²) in [4.78, 5) is 0. The van der Waals surface area contributed by atoms with E-state index in [0.717, 1.165) is 25.0 Å². The summed E-state index contributed by atoms with van der Waals surface area (Å²) in [5.41, 5.74) is 5.19. The van der Waals surface area contributed by atoms with Gasteiger partial charge in [0.05, 0.1) is 6.26 Å². The van der Waals surface area contributed by atoms with Crippen molar-refractivity contribution in [2.75, 3.05) is 0 Å². The van der Waals surface area contributed by atoms with Crippen molar-refractivity contribution < 1.29 is 4.42 Å². The van der Waals surface area contributed by atoms with E-state index in [0.29, 0.717) is 6.04 Å². The highest BCUT2D eigenvalue weighted by molar-refractivity contribution is 5.80. The van der Waals surface area contributed by atoms with Gasteiger partial charge in [0.15, 0.2) is 0 Å². The summed E-state index contributed by atoms with van der Waals surface area (Å²) in [6.07, 6.45) is 4.14. The number of benzene rings is 2. The van der Waals surface area contributed by atoms with Gasteiger partial charge in [0.1, 0.15) is 5.58 Å². The molecule has 0 unspecified atom stereocenters. The first-order valence-electron chi connectivity index (χ1n) is 7.15. The van der Waals surface area contributed by atoms with Gasteiger partial charge in [-0.3, -0.25) is 0 Å². The molecule has 2 aromatic carbocycles. The summed E-state index contributed by atoms with van der Waals surface area (Å²) in [6, 6.07) is 17.5. The van der Waals surface area contributed by atoms with Crippen molar-refractivity contribution in [2.24, 2.45) is 0 Å². The third kappa shape index (κ3) is 2.02. The molecule has 1 aliphatic carbocycles. The highest BCUT2D eigenvalue weighted by Crippen LogP contribution is 2.24. The van der Waals surface area contributed by atoms with Crippen LogP contribution in [0.1, 0.15) is 16.7 Å². The first-order valence-corrected chi connectivity index (χ1v) is 7.15. The van der Waals surface area contributed by atoms with Gasteiger partial charge in [-0.25, -0.2) is 0 Å². The highest BCUT2D eigenvalue weighted by atomic mass is 16.3. The Morgan fingerprint density at radius 1 is 0.950 bits per heavy atom. The van der Waals surface area contributed by atoms with E-state index in [1.807, 2.05) is 18.4 Å². The molecule has 3 aromatic rings. The number of hydrogen-bond acceptors (Lipinski definition) is 2. The normalized spacial score (nSPS) is 14.8. The molecule has 1 N–H and O–H groups in total. The van der Waals surface area contributed by atoms with Crippen LogP contribution in [0.3, 0.4) is 0 Å². The van der Waals surface area contributed by atoms with Crippen molar-refractivity contribution in [3.05, 3.63) is 71.5 Å². The summed E-state index contributed by atoms with van der Waals surface area (Å²) in [6.45, 7) is 0.871. The fraction of sp³-hybridized carbons (Fsp3) is 0.222. The fourth-order valence-electron chi connectivity index (χ4n) is 3.13. The molecule has 0 saturated heterocycles. The van der Waals surface area contributed by atoms with E-state index in [1.165, 1.54) is 22.1 Å². The lowest BCUT2D eigenvalue weighted by Gasteiger charge is -2.10. The lowest BCUT2D eigenvalue weighted by atomic mass is 10.1. The Bertz CT molecular complexity index is 719. The molecule has 1 heterocycles. The van der Waals surface area contributed by atoms with Crippen LogP contribution in [0.25, 0.3) is 11.0 Å². The molecule has 1 aliphatic rings. The maximum absolute atomic E-state index is 5.59. The van der Waals surface area contributed by atoms with Gasteiger partial charge in [-0.05, 0) is 30.0 Å². The van der Waals surface area contributed by atoms with Crippen molar-refractivity contribution in [2.45, 2.75) is 25.4 Å². The lowest BCUT2D eigenvalue weighted by molar-refractivity contribution is 0.528. The molecule has 0 aliphatic heterocycles. The molecule has 20 heavy (non-hydrogen) atoms. The Hall–Kier alpha value is -2.06. The molecule has 1 aromatic heterocycles. The summed E-state index contributed by atoms with van der Waals surface area (Å²) in [5.74, 6) is 0. The van der Waals surface area contributed by atoms with E-state index < -0.39 is 0 Å². The summed E-state index contributed by atoms with van der Waals surface area (Å²) in [7, 11) is 0. The van der Waals surface area contributed by atoms with Gasteiger partial charge in [-0.15, -0.1) is 0 Å². The largest absolute Gasteiger partial charge is 0.464 e.